The lowest BCUT2D eigenvalue weighted by Crippen LogP contribution is -2.22. The molecular weight excluding hydrogens is 412 g/mol. The maximum atomic E-state index is 12.5. The number of carbonyl (C=O) groups is 1. The summed E-state index contributed by atoms with van der Waals surface area (Å²) in [6.45, 7) is 3.33. The fourth-order valence-electron chi connectivity index (χ4n) is 3.41. The van der Waals surface area contributed by atoms with Crippen LogP contribution in [0.3, 0.4) is 0 Å². The van der Waals surface area contributed by atoms with Gasteiger partial charge in [0.1, 0.15) is 17.0 Å². The summed E-state index contributed by atoms with van der Waals surface area (Å²) in [5.41, 5.74) is 2.63. The number of hydrogen-bond acceptors (Lipinski definition) is 7. The molecule has 0 radical (unpaired) electrons. The van der Waals surface area contributed by atoms with Gasteiger partial charge in [-0.25, -0.2) is 9.97 Å². The second-order valence-electron chi connectivity index (χ2n) is 7.22. The van der Waals surface area contributed by atoms with E-state index in [2.05, 4.69) is 33.6 Å². The molecule has 0 fully saturated rings. The van der Waals surface area contributed by atoms with Crippen molar-refractivity contribution in [1.29, 1.82) is 0 Å². The lowest BCUT2D eigenvalue weighted by Gasteiger charge is -2.09. The van der Waals surface area contributed by atoms with E-state index >= 15 is 0 Å². The van der Waals surface area contributed by atoms with Gasteiger partial charge in [-0.2, -0.15) is 0 Å². The molecule has 1 aliphatic heterocycles. The Labute approximate surface area is 183 Å². The number of carbonyl (C=O) groups excluding carboxylic acids is 1. The van der Waals surface area contributed by atoms with Crippen LogP contribution in [-0.4, -0.2) is 22.7 Å². The van der Waals surface area contributed by atoms with Crippen LogP contribution in [-0.2, 0) is 13.1 Å². The maximum absolute atomic E-state index is 12.5. The van der Waals surface area contributed by atoms with Crippen LogP contribution in [0.2, 0.25) is 0 Å². The summed E-state index contributed by atoms with van der Waals surface area (Å²) in [4.78, 5) is 23.3. The van der Waals surface area contributed by atoms with Crippen LogP contribution in [0.5, 0.6) is 11.5 Å². The fraction of sp³-hybridized carbons (Fsp3) is 0.174. The molecule has 1 aliphatic rings. The highest BCUT2D eigenvalue weighted by Crippen LogP contribution is 2.32. The van der Waals surface area contributed by atoms with Gasteiger partial charge < -0.3 is 20.1 Å². The Hall–Kier alpha value is -3.65. The highest BCUT2D eigenvalue weighted by molar-refractivity contribution is 7.18. The lowest BCUT2D eigenvalue weighted by atomic mass is 10.1. The second-order valence-corrected chi connectivity index (χ2v) is 8.45. The number of nitrogens with zero attached hydrogens (tertiary/aromatic N) is 2. The van der Waals surface area contributed by atoms with Crippen molar-refractivity contribution in [3.63, 3.8) is 0 Å². The standard InChI is InChI=1S/C23H20N4O3S/c1-14-8-18-21(26-12-27-23(18)31-14)24-10-15-2-5-17(6-3-15)22(28)25-11-16-4-7-19-20(9-16)30-13-29-19/h2-9,12H,10-11,13H2,1H3,(H,25,28)(H,24,26,27). The minimum atomic E-state index is -0.122. The third-order valence-electron chi connectivity index (χ3n) is 5.02. The molecule has 0 unspecified atom stereocenters. The van der Waals surface area contributed by atoms with E-state index in [4.69, 9.17) is 9.47 Å². The van der Waals surface area contributed by atoms with E-state index in [1.807, 2.05) is 42.5 Å². The number of amides is 1. The normalized spacial score (nSPS) is 12.2. The van der Waals surface area contributed by atoms with E-state index in [0.717, 1.165) is 32.9 Å². The molecule has 0 saturated heterocycles. The molecule has 2 aromatic heterocycles. The van der Waals surface area contributed by atoms with Crippen molar-refractivity contribution in [1.82, 2.24) is 15.3 Å². The molecule has 1 amide bonds. The van der Waals surface area contributed by atoms with Crippen LogP contribution in [0.1, 0.15) is 26.4 Å². The maximum Gasteiger partial charge on any atom is 0.251 e. The number of rotatable bonds is 6. The summed E-state index contributed by atoms with van der Waals surface area (Å²) in [6.07, 6.45) is 1.58. The van der Waals surface area contributed by atoms with Gasteiger partial charge in [-0.1, -0.05) is 18.2 Å². The van der Waals surface area contributed by atoms with Crippen molar-refractivity contribution in [2.45, 2.75) is 20.0 Å². The van der Waals surface area contributed by atoms with Crippen molar-refractivity contribution in [3.05, 3.63) is 76.4 Å². The van der Waals surface area contributed by atoms with Gasteiger partial charge in [-0.15, -0.1) is 11.3 Å². The Balaban J connectivity index is 1.19. The Morgan fingerprint density at radius 2 is 1.81 bits per heavy atom. The summed E-state index contributed by atoms with van der Waals surface area (Å²) >= 11 is 1.65. The highest BCUT2D eigenvalue weighted by Gasteiger charge is 2.14. The first-order valence-electron chi connectivity index (χ1n) is 9.86. The number of anilines is 1. The number of ether oxygens (including phenoxy) is 2. The number of aryl methyl sites for hydroxylation is 1. The van der Waals surface area contributed by atoms with Gasteiger partial charge in [0.15, 0.2) is 11.5 Å². The number of thiophene rings is 1. The molecule has 2 aromatic carbocycles. The van der Waals surface area contributed by atoms with Gasteiger partial charge >= 0.3 is 0 Å². The van der Waals surface area contributed by atoms with E-state index < -0.39 is 0 Å². The zero-order valence-electron chi connectivity index (χ0n) is 16.8. The van der Waals surface area contributed by atoms with Crippen molar-refractivity contribution >= 4 is 33.3 Å². The number of benzene rings is 2. The van der Waals surface area contributed by atoms with E-state index in [0.29, 0.717) is 24.4 Å². The molecule has 0 saturated carbocycles. The first kappa shape index (κ1) is 19.3. The molecule has 0 atom stereocenters. The van der Waals surface area contributed by atoms with Crippen LogP contribution >= 0.6 is 11.3 Å². The van der Waals surface area contributed by atoms with Gasteiger partial charge in [0.05, 0.1) is 5.39 Å². The zero-order chi connectivity index (χ0) is 21.2. The molecule has 4 aromatic rings. The third kappa shape index (κ3) is 4.15. The summed E-state index contributed by atoms with van der Waals surface area (Å²) in [5.74, 6) is 2.14. The number of hydrogen-bond donors (Lipinski definition) is 2. The minimum Gasteiger partial charge on any atom is -0.454 e. The first-order chi connectivity index (χ1) is 15.2. The third-order valence-corrected chi connectivity index (χ3v) is 5.98. The predicted molar refractivity (Wildman–Crippen MR) is 120 cm³/mol. The molecule has 0 aliphatic carbocycles. The molecule has 0 spiro atoms. The Kier molecular flexibility index (Phi) is 5.13. The Morgan fingerprint density at radius 1 is 1.00 bits per heavy atom. The van der Waals surface area contributed by atoms with Crippen molar-refractivity contribution in [2.24, 2.45) is 0 Å². The van der Waals surface area contributed by atoms with Crippen LogP contribution in [0.25, 0.3) is 10.2 Å². The number of nitrogens with one attached hydrogen (secondary N) is 2. The largest absolute Gasteiger partial charge is 0.454 e. The molecule has 0 bridgehead atoms. The quantitative estimate of drug-likeness (QED) is 0.473. The molecule has 8 heteroatoms. The summed E-state index contributed by atoms with van der Waals surface area (Å²) in [6, 6.07) is 15.3. The van der Waals surface area contributed by atoms with Crippen LogP contribution in [0.4, 0.5) is 5.82 Å². The van der Waals surface area contributed by atoms with Gasteiger partial charge in [-0.05, 0) is 48.4 Å². The smallest absolute Gasteiger partial charge is 0.251 e. The average Bonchev–Trinajstić information content (AvgIpc) is 3.41. The minimum absolute atomic E-state index is 0.122. The van der Waals surface area contributed by atoms with Crippen LogP contribution < -0.4 is 20.1 Å². The molecule has 3 heterocycles. The summed E-state index contributed by atoms with van der Waals surface area (Å²) < 4.78 is 10.7. The van der Waals surface area contributed by atoms with E-state index in [1.165, 1.54) is 4.88 Å². The summed E-state index contributed by atoms with van der Waals surface area (Å²) in [7, 11) is 0. The van der Waals surface area contributed by atoms with Crippen molar-refractivity contribution < 1.29 is 14.3 Å². The van der Waals surface area contributed by atoms with E-state index in [-0.39, 0.29) is 12.7 Å². The van der Waals surface area contributed by atoms with Gasteiger partial charge in [0, 0.05) is 23.5 Å². The monoisotopic (exact) mass is 432 g/mol. The molecule has 7 nitrogen and oxygen atoms in total. The second kappa shape index (κ2) is 8.23. The molecule has 156 valence electrons. The van der Waals surface area contributed by atoms with Crippen LogP contribution in [0.15, 0.2) is 54.9 Å². The predicted octanol–water partition coefficient (Wildman–Crippen LogP) is 4.27. The fourth-order valence-corrected chi connectivity index (χ4v) is 4.26. The van der Waals surface area contributed by atoms with Gasteiger partial charge in [0.25, 0.3) is 5.91 Å². The van der Waals surface area contributed by atoms with E-state index in [9.17, 15) is 4.79 Å². The Bertz CT molecular complexity index is 1250. The Morgan fingerprint density at radius 3 is 2.68 bits per heavy atom. The molecule has 5 rings (SSSR count). The molecule has 31 heavy (non-hydrogen) atoms. The van der Waals surface area contributed by atoms with Crippen molar-refractivity contribution in [2.75, 3.05) is 12.1 Å². The summed E-state index contributed by atoms with van der Waals surface area (Å²) in [5, 5.41) is 7.34. The molecule has 2 N–H and O–H groups in total. The first-order valence-corrected chi connectivity index (χ1v) is 10.7. The highest BCUT2D eigenvalue weighted by atomic mass is 32.1. The topological polar surface area (TPSA) is 85.4 Å². The zero-order valence-corrected chi connectivity index (χ0v) is 17.7. The van der Waals surface area contributed by atoms with Crippen molar-refractivity contribution in [3.8, 4) is 11.5 Å². The van der Waals surface area contributed by atoms with E-state index in [1.54, 1.807) is 17.7 Å². The van der Waals surface area contributed by atoms with Gasteiger partial charge in [-0.3, -0.25) is 4.79 Å². The SMILES string of the molecule is Cc1cc2c(NCc3ccc(C(=O)NCc4ccc5c(c4)OCO5)cc3)ncnc2s1. The lowest BCUT2D eigenvalue weighted by molar-refractivity contribution is 0.0951. The van der Waals surface area contributed by atoms with Crippen LogP contribution in [0, 0.1) is 6.92 Å². The number of fused-ring (bicyclic) bond motifs is 2. The average molecular weight is 433 g/mol. The van der Waals surface area contributed by atoms with Gasteiger partial charge in [0.2, 0.25) is 6.79 Å². The number of aromatic nitrogens is 2. The molecular formula is C23H20N4O3S.